The summed E-state index contributed by atoms with van der Waals surface area (Å²) in [7, 11) is 1.56. The zero-order valence-electron chi connectivity index (χ0n) is 20.6. The van der Waals surface area contributed by atoms with Crippen LogP contribution in [0.15, 0.2) is 85.1 Å². The lowest BCUT2D eigenvalue weighted by Crippen LogP contribution is -2.40. The first kappa shape index (κ1) is 24.4. The molecule has 0 saturated carbocycles. The van der Waals surface area contributed by atoms with Gasteiger partial charge >= 0.3 is 0 Å². The van der Waals surface area contributed by atoms with Gasteiger partial charge in [0.25, 0.3) is 11.8 Å². The largest absolute Gasteiger partial charge is 0.354 e. The summed E-state index contributed by atoms with van der Waals surface area (Å²) in [4.78, 5) is 32.1. The Labute approximate surface area is 217 Å². The fourth-order valence-electron chi connectivity index (χ4n) is 4.22. The number of nitrogens with zero attached hydrogens (tertiary/aromatic N) is 2. The van der Waals surface area contributed by atoms with Crippen molar-refractivity contribution in [1.82, 2.24) is 20.0 Å². The summed E-state index contributed by atoms with van der Waals surface area (Å²) in [6, 6.07) is 23.1. The molecule has 0 fully saturated rings. The minimum atomic E-state index is -0.544. The molecule has 37 heavy (non-hydrogen) atoms. The Kier molecular flexibility index (Phi) is 6.35. The molecule has 6 nitrogen and oxygen atoms in total. The van der Waals surface area contributed by atoms with Gasteiger partial charge in [0.1, 0.15) is 17.2 Å². The molecule has 186 valence electrons. The highest BCUT2D eigenvalue weighted by Gasteiger charge is 2.24. The third-order valence-electron chi connectivity index (χ3n) is 6.22. The molecule has 5 aromatic rings. The fraction of sp³-hybridized carbons (Fsp3) is 0.138. The molecule has 0 unspecified atom stereocenters. The molecule has 0 radical (unpaired) electrons. The molecular weight excluding hydrogens is 487 g/mol. The van der Waals surface area contributed by atoms with Crippen LogP contribution in [0, 0.1) is 5.82 Å². The molecule has 2 aromatic heterocycles. The number of rotatable bonds is 6. The molecule has 2 heterocycles. The number of thiazole rings is 1. The van der Waals surface area contributed by atoms with Gasteiger partial charge in [0.05, 0.1) is 10.4 Å². The van der Waals surface area contributed by atoms with E-state index in [2.05, 4.69) is 15.6 Å². The van der Waals surface area contributed by atoms with Gasteiger partial charge in [-0.05, 0) is 61.4 Å². The Bertz CT molecular complexity index is 1600. The molecule has 3 aromatic carbocycles. The summed E-state index contributed by atoms with van der Waals surface area (Å²) >= 11 is 1.41. The van der Waals surface area contributed by atoms with Gasteiger partial charge in [-0.1, -0.05) is 53.8 Å². The first-order valence-electron chi connectivity index (χ1n) is 11.8. The van der Waals surface area contributed by atoms with Gasteiger partial charge in [0.2, 0.25) is 0 Å². The monoisotopic (exact) mass is 512 g/mol. The van der Waals surface area contributed by atoms with E-state index in [-0.39, 0.29) is 17.6 Å². The number of hydrogen-bond acceptors (Lipinski definition) is 4. The normalized spacial score (nSPS) is 11.5. The standard InChI is InChI=1S/C29H25FN4O2S/c1-29(2,21-10-5-4-6-11-21)33-26(35)20-9-7-8-19(16-20)23-17-34-25(27(36)31-3)24(32-28(34)37-23)18-12-14-22(30)15-13-18/h4-17H,1-3H3,(H,31,36)(H,33,35). The highest BCUT2D eigenvalue weighted by molar-refractivity contribution is 7.20. The summed E-state index contributed by atoms with van der Waals surface area (Å²) < 4.78 is 15.2. The molecule has 0 aliphatic carbocycles. The maximum atomic E-state index is 13.4. The van der Waals surface area contributed by atoms with Gasteiger partial charge in [-0.3, -0.25) is 14.0 Å². The highest BCUT2D eigenvalue weighted by atomic mass is 32.1. The maximum absolute atomic E-state index is 13.4. The lowest BCUT2D eigenvalue weighted by atomic mass is 9.94. The Balaban J connectivity index is 1.48. The minimum absolute atomic E-state index is 0.179. The van der Waals surface area contributed by atoms with Crippen LogP contribution in [0.3, 0.4) is 0 Å². The molecule has 8 heteroatoms. The third-order valence-corrected chi connectivity index (χ3v) is 7.25. The van der Waals surface area contributed by atoms with Crippen molar-refractivity contribution in [3.8, 4) is 21.7 Å². The molecule has 0 aliphatic rings. The van der Waals surface area contributed by atoms with Crippen molar-refractivity contribution in [2.24, 2.45) is 0 Å². The van der Waals surface area contributed by atoms with E-state index in [1.54, 1.807) is 29.6 Å². The number of hydrogen-bond donors (Lipinski definition) is 2. The smallest absolute Gasteiger partial charge is 0.270 e. The van der Waals surface area contributed by atoms with E-state index in [1.165, 1.54) is 23.5 Å². The SMILES string of the molecule is CNC(=O)c1c(-c2ccc(F)cc2)nc2sc(-c3cccc(C(=O)NC(C)(C)c4ccccc4)c3)cn12. The number of amides is 2. The van der Waals surface area contributed by atoms with Crippen molar-refractivity contribution in [3.63, 3.8) is 0 Å². The number of imidazole rings is 1. The Morgan fingerprint density at radius 3 is 2.35 bits per heavy atom. The van der Waals surface area contributed by atoms with Gasteiger partial charge in [-0.2, -0.15) is 0 Å². The van der Waals surface area contributed by atoms with E-state index in [4.69, 9.17) is 0 Å². The summed E-state index contributed by atoms with van der Waals surface area (Å²) in [5, 5.41) is 5.78. The van der Waals surface area contributed by atoms with Crippen molar-refractivity contribution in [2.75, 3.05) is 7.05 Å². The molecule has 0 atom stereocenters. The summed E-state index contributed by atoms with van der Waals surface area (Å²) in [6.07, 6.45) is 1.84. The lowest BCUT2D eigenvalue weighted by Gasteiger charge is -2.27. The van der Waals surface area contributed by atoms with Crippen LogP contribution in [0.5, 0.6) is 0 Å². The Hall–Kier alpha value is -4.30. The molecule has 0 spiro atoms. The van der Waals surface area contributed by atoms with Crippen LogP contribution in [0.1, 0.15) is 40.3 Å². The lowest BCUT2D eigenvalue weighted by molar-refractivity contribution is 0.0910. The van der Waals surface area contributed by atoms with E-state index >= 15 is 0 Å². The molecule has 2 amide bonds. The Morgan fingerprint density at radius 2 is 1.65 bits per heavy atom. The predicted octanol–water partition coefficient (Wildman–Crippen LogP) is 5.89. The number of carbonyl (C=O) groups is 2. The number of fused-ring (bicyclic) bond motifs is 1. The van der Waals surface area contributed by atoms with Crippen LogP contribution < -0.4 is 10.6 Å². The van der Waals surface area contributed by atoms with Crippen LogP contribution >= 0.6 is 11.3 Å². The predicted molar refractivity (Wildman–Crippen MR) is 144 cm³/mol. The average Bonchev–Trinajstić information content (AvgIpc) is 3.47. The van der Waals surface area contributed by atoms with E-state index in [1.807, 2.05) is 68.6 Å². The van der Waals surface area contributed by atoms with Crippen LogP contribution in [-0.2, 0) is 5.54 Å². The van der Waals surface area contributed by atoms with Gasteiger partial charge in [0.15, 0.2) is 4.96 Å². The zero-order valence-corrected chi connectivity index (χ0v) is 21.4. The van der Waals surface area contributed by atoms with Crippen LogP contribution in [0.2, 0.25) is 0 Å². The number of carbonyl (C=O) groups excluding carboxylic acids is 2. The maximum Gasteiger partial charge on any atom is 0.270 e. The van der Waals surface area contributed by atoms with Crippen molar-refractivity contribution >= 4 is 28.1 Å². The fourth-order valence-corrected chi connectivity index (χ4v) is 5.20. The van der Waals surface area contributed by atoms with Crippen molar-refractivity contribution < 1.29 is 14.0 Å². The number of nitrogens with one attached hydrogen (secondary N) is 2. The zero-order chi connectivity index (χ0) is 26.2. The molecule has 5 rings (SSSR count). The van der Waals surface area contributed by atoms with E-state index in [0.29, 0.717) is 27.5 Å². The van der Waals surface area contributed by atoms with E-state index in [0.717, 1.165) is 16.0 Å². The summed E-state index contributed by atoms with van der Waals surface area (Å²) in [5.41, 5.74) is 3.34. The van der Waals surface area contributed by atoms with Crippen LogP contribution in [0.4, 0.5) is 4.39 Å². The second-order valence-electron chi connectivity index (χ2n) is 9.17. The van der Waals surface area contributed by atoms with E-state index < -0.39 is 5.54 Å². The topological polar surface area (TPSA) is 75.5 Å². The molecule has 0 saturated heterocycles. The molecule has 0 aliphatic heterocycles. The van der Waals surface area contributed by atoms with Gasteiger partial charge < -0.3 is 10.6 Å². The summed E-state index contributed by atoms with van der Waals surface area (Å²) in [5.74, 6) is -0.834. The second kappa shape index (κ2) is 9.63. The number of benzene rings is 3. The third kappa shape index (κ3) is 4.75. The van der Waals surface area contributed by atoms with Gasteiger partial charge in [0, 0.05) is 24.4 Å². The van der Waals surface area contributed by atoms with E-state index in [9.17, 15) is 14.0 Å². The quantitative estimate of drug-likeness (QED) is 0.298. The van der Waals surface area contributed by atoms with Crippen molar-refractivity contribution in [1.29, 1.82) is 0 Å². The van der Waals surface area contributed by atoms with Gasteiger partial charge in [-0.25, -0.2) is 9.37 Å². The first-order valence-corrected chi connectivity index (χ1v) is 12.6. The summed E-state index contributed by atoms with van der Waals surface area (Å²) in [6.45, 7) is 3.94. The number of halogens is 1. The van der Waals surface area contributed by atoms with Gasteiger partial charge in [-0.15, -0.1) is 0 Å². The average molecular weight is 513 g/mol. The first-order chi connectivity index (χ1) is 17.8. The van der Waals surface area contributed by atoms with Crippen molar-refractivity contribution in [3.05, 3.63) is 108 Å². The molecule has 2 N–H and O–H groups in total. The van der Waals surface area contributed by atoms with Crippen LogP contribution in [-0.4, -0.2) is 28.2 Å². The Morgan fingerprint density at radius 1 is 0.919 bits per heavy atom. The highest BCUT2D eigenvalue weighted by Crippen LogP contribution is 2.34. The van der Waals surface area contributed by atoms with Crippen molar-refractivity contribution in [2.45, 2.75) is 19.4 Å². The number of aromatic nitrogens is 2. The second-order valence-corrected chi connectivity index (χ2v) is 10.2. The molecular formula is C29H25FN4O2S. The molecule has 0 bridgehead atoms. The minimum Gasteiger partial charge on any atom is -0.354 e. The van der Waals surface area contributed by atoms with Crippen LogP contribution in [0.25, 0.3) is 26.7 Å².